The van der Waals surface area contributed by atoms with Crippen LogP contribution in [0.15, 0.2) is 30.3 Å². The maximum Gasteiger partial charge on any atom is 0.317 e. The highest BCUT2D eigenvalue weighted by molar-refractivity contribution is 5.68. The number of carboxylic acid groups (broad SMARTS) is 1. The van der Waals surface area contributed by atoms with E-state index in [0.29, 0.717) is 12.6 Å². The van der Waals surface area contributed by atoms with Crippen LogP contribution in [0.2, 0.25) is 0 Å². The van der Waals surface area contributed by atoms with Gasteiger partial charge in [0.25, 0.3) is 0 Å². The molecule has 0 saturated carbocycles. The Kier molecular flexibility index (Phi) is 15.4. The van der Waals surface area contributed by atoms with Crippen LogP contribution in [-0.2, 0) is 9.53 Å². The van der Waals surface area contributed by atoms with Crippen molar-refractivity contribution >= 4 is 5.97 Å². The Morgan fingerprint density at radius 2 is 1.69 bits per heavy atom. The molecule has 5 nitrogen and oxygen atoms in total. The van der Waals surface area contributed by atoms with Crippen LogP contribution < -0.4 is 10.6 Å². The molecule has 0 radical (unpaired) electrons. The largest absolute Gasteiger partial charge is 0.480 e. The highest BCUT2D eigenvalue weighted by Gasteiger charge is 2.21. The van der Waals surface area contributed by atoms with E-state index < -0.39 is 5.97 Å². The third-order valence-corrected chi connectivity index (χ3v) is 5.08. The summed E-state index contributed by atoms with van der Waals surface area (Å²) in [5.41, 5.74) is 1.43. The van der Waals surface area contributed by atoms with Gasteiger partial charge >= 0.3 is 5.97 Å². The van der Waals surface area contributed by atoms with Crippen molar-refractivity contribution in [1.29, 1.82) is 0 Å². The van der Waals surface area contributed by atoms with Gasteiger partial charge in [0.1, 0.15) is 0 Å². The lowest BCUT2D eigenvalue weighted by molar-refractivity contribution is -0.135. The molecule has 1 saturated heterocycles. The molecule has 166 valence electrons. The Morgan fingerprint density at radius 1 is 1.07 bits per heavy atom. The van der Waals surface area contributed by atoms with Crippen LogP contribution in [0.3, 0.4) is 0 Å². The predicted octanol–water partition coefficient (Wildman–Crippen LogP) is 4.93. The number of epoxide rings is 1. The Morgan fingerprint density at radius 3 is 2.24 bits per heavy atom. The summed E-state index contributed by atoms with van der Waals surface area (Å²) < 4.78 is 4.83. The molecule has 0 aromatic heterocycles. The highest BCUT2D eigenvalue weighted by Crippen LogP contribution is 2.16. The van der Waals surface area contributed by atoms with Crippen LogP contribution in [0.5, 0.6) is 0 Å². The van der Waals surface area contributed by atoms with Gasteiger partial charge in [-0.2, -0.15) is 0 Å². The molecule has 3 N–H and O–H groups in total. The molecule has 1 heterocycles. The first-order valence-corrected chi connectivity index (χ1v) is 11.5. The number of carboxylic acids is 1. The Hall–Kier alpha value is -1.43. The second-order valence-corrected chi connectivity index (χ2v) is 7.78. The second-order valence-electron chi connectivity index (χ2n) is 7.78. The SMILES string of the molecule is CCCCCCCCCCNC(CC)c1ccccc1.O=C(O)CNCC1CO1. The number of carbonyl (C=O) groups is 1. The van der Waals surface area contributed by atoms with Gasteiger partial charge in [0.15, 0.2) is 0 Å². The van der Waals surface area contributed by atoms with Gasteiger partial charge in [0, 0.05) is 12.6 Å². The van der Waals surface area contributed by atoms with Crippen LogP contribution in [0.1, 0.15) is 83.2 Å². The zero-order chi connectivity index (χ0) is 21.2. The maximum atomic E-state index is 9.90. The summed E-state index contributed by atoms with van der Waals surface area (Å²) in [6.07, 6.45) is 12.6. The van der Waals surface area contributed by atoms with Gasteiger partial charge < -0.3 is 20.5 Å². The van der Waals surface area contributed by atoms with Gasteiger partial charge in [0.05, 0.1) is 19.3 Å². The number of rotatable bonds is 16. The smallest absolute Gasteiger partial charge is 0.317 e. The number of nitrogens with one attached hydrogen (secondary N) is 2. The zero-order valence-electron chi connectivity index (χ0n) is 18.5. The molecule has 29 heavy (non-hydrogen) atoms. The molecule has 2 unspecified atom stereocenters. The third-order valence-electron chi connectivity index (χ3n) is 5.08. The number of hydrogen-bond donors (Lipinski definition) is 3. The van der Waals surface area contributed by atoms with E-state index in [1.807, 2.05) is 0 Å². The molecular weight excluding hydrogens is 364 g/mol. The van der Waals surface area contributed by atoms with Crippen molar-refractivity contribution in [2.45, 2.75) is 83.8 Å². The van der Waals surface area contributed by atoms with E-state index in [9.17, 15) is 4.79 Å². The first-order valence-electron chi connectivity index (χ1n) is 11.5. The summed E-state index contributed by atoms with van der Waals surface area (Å²) in [4.78, 5) is 9.90. The summed E-state index contributed by atoms with van der Waals surface area (Å²) in [6, 6.07) is 11.4. The molecule has 0 aliphatic carbocycles. The topological polar surface area (TPSA) is 73.9 Å². The fourth-order valence-corrected chi connectivity index (χ4v) is 3.24. The third kappa shape index (κ3) is 15.1. The van der Waals surface area contributed by atoms with E-state index >= 15 is 0 Å². The van der Waals surface area contributed by atoms with E-state index in [2.05, 4.69) is 54.8 Å². The van der Waals surface area contributed by atoms with Gasteiger partial charge in [0.2, 0.25) is 0 Å². The number of hydrogen-bond acceptors (Lipinski definition) is 4. The number of aliphatic carboxylic acids is 1. The van der Waals surface area contributed by atoms with Crippen LogP contribution in [0.4, 0.5) is 0 Å². The van der Waals surface area contributed by atoms with Gasteiger partial charge in [-0.3, -0.25) is 4.79 Å². The molecule has 1 aliphatic heterocycles. The normalized spacial score (nSPS) is 16.0. The Bertz CT molecular complexity index is 506. The monoisotopic (exact) mass is 406 g/mol. The molecule has 0 spiro atoms. The zero-order valence-corrected chi connectivity index (χ0v) is 18.5. The van der Waals surface area contributed by atoms with Crippen molar-refractivity contribution in [3.63, 3.8) is 0 Å². The van der Waals surface area contributed by atoms with Crippen molar-refractivity contribution in [3.8, 4) is 0 Å². The van der Waals surface area contributed by atoms with Gasteiger partial charge in [-0.05, 0) is 24.9 Å². The molecule has 1 fully saturated rings. The molecule has 1 aromatic rings. The number of ether oxygens (including phenoxy) is 1. The first kappa shape index (κ1) is 25.6. The summed E-state index contributed by atoms with van der Waals surface area (Å²) in [5, 5.41) is 14.6. The van der Waals surface area contributed by atoms with Crippen LogP contribution in [0, 0.1) is 0 Å². The minimum Gasteiger partial charge on any atom is -0.480 e. The van der Waals surface area contributed by atoms with Gasteiger partial charge in [-0.15, -0.1) is 0 Å². The Balaban J connectivity index is 0.000000387. The molecule has 0 amide bonds. The molecule has 1 aromatic carbocycles. The van der Waals surface area contributed by atoms with Gasteiger partial charge in [-0.25, -0.2) is 0 Å². The van der Waals surface area contributed by atoms with Crippen LogP contribution in [-0.4, -0.2) is 43.4 Å². The van der Waals surface area contributed by atoms with Crippen molar-refractivity contribution in [1.82, 2.24) is 10.6 Å². The molecule has 1 aliphatic rings. The van der Waals surface area contributed by atoms with Crippen LogP contribution in [0.25, 0.3) is 0 Å². The van der Waals surface area contributed by atoms with Crippen molar-refractivity contribution in [2.24, 2.45) is 0 Å². The lowest BCUT2D eigenvalue weighted by Crippen LogP contribution is -2.26. The number of unbranched alkanes of at least 4 members (excludes halogenated alkanes) is 7. The minimum atomic E-state index is -0.823. The number of benzene rings is 1. The lowest BCUT2D eigenvalue weighted by Gasteiger charge is -2.17. The molecular formula is C24H42N2O3. The first-order chi connectivity index (χ1) is 14.2. The summed E-state index contributed by atoms with van der Waals surface area (Å²) in [7, 11) is 0. The fourth-order valence-electron chi connectivity index (χ4n) is 3.24. The van der Waals surface area contributed by atoms with Crippen molar-refractivity contribution in [3.05, 3.63) is 35.9 Å². The lowest BCUT2D eigenvalue weighted by atomic mass is 10.0. The minimum absolute atomic E-state index is 0.0276. The fraction of sp³-hybridized carbons (Fsp3) is 0.708. The quantitative estimate of drug-likeness (QED) is 0.268. The molecule has 0 bridgehead atoms. The van der Waals surface area contributed by atoms with Crippen molar-refractivity contribution < 1.29 is 14.6 Å². The average molecular weight is 407 g/mol. The predicted molar refractivity (Wildman–Crippen MR) is 120 cm³/mol. The van der Waals surface area contributed by atoms with E-state index in [1.165, 1.54) is 63.4 Å². The summed E-state index contributed by atoms with van der Waals surface area (Å²) in [6.45, 7) is 7.15. The average Bonchev–Trinajstić information content (AvgIpc) is 3.55. The van der Waals surface area contributed by atoms with E-state index in [-0.39, 0.29) is 12.6 Å². The summed E-state index contributed by atoms with van der Waals surface area (Å²) in [5.74, 6) is -0.823. The maximum absolute atomic E-state index is 9.90. The second kappa shape index (κ2) is 17.4. The standard InChI is InChI=1S/C19H33N.C5H9NO3/c1-3-5-6-7-8-9-10-14-17-20-19(4-2)18-15-12-11-13-16-18;7-5(8)2-6-1-4-3-9-4/h11-13,15-16,19-20H,3-10,14,17H2,1-2H3;4,6H,1-3H2,(H,7,8). The van der Waals surface area contributed by atoms with Crippen molar-refractivity contribution in [2.75, 3.05) is 26.2 Å². The van der Waals surface area contributed by atoms with Gasteiger partial charge in [-0.1, -0.05) is 89.1 Å². The van der Waals surface area contributed by atoms with E-state index in [0.717, 1.165) is 13.2 Å². The summed E-state index contributed by atoms with van der Waals surface area (Å²) >= 11 is 0. The highest BCUT2D eigenvalue weighted by atomic mass is 16.6. The molecule has 2 atom stereocenters. The Labute approximate surface area is 177 Å². The molecule has 5 heteroatoms. The van der Waals surface area contributed by atoms with E-state index in [4.69, 9.17) is 9.84 Å². The van der Waals surface area contributed by atoms with Crippen LogP contribution >= 0.6 is 0 Å². The van der Waals surface area contributed by atoms with E-state index in [1.54, 1.807) is 0 Å². The molecule has 2 rings (SSSR count).